The second-order valence-corrected chi connectivity index (χ2v) is 7.56. The molecular weight excluding hydrogens is 427 g/mol. The summed E-state index contributed by atoms with van der Waals surface area (Å²) in [5.41, 5.74) is 0.640. The first kappa shape index (κ1) is 23.6. The van der Waals surface area contributed by atoms with E-state index in [1.807, 2.05) is 13.8 Å². The minimum atomic E-state index is -4.58. The molecular formula is C21H26F3N5O3. The Morgan fingerprint density at radius 3 is 2.53 bits per heavy atom. The fraction of sp³-hybridized carbons (Fsp3) is 0.476. The summed E-state index contributed by atoms with van der Waals surface area (Å²) in [5, 5.41) is 5.36. The van der Waals surface area contributed by atoms with Crippen LogP contribution >= 0.6 is 0 Å². The molecule has 8 nitrogen and oxygen atoms in total. The fourth-order valence-electron chi connectivity index (χ4n) is 3.26. The van der Waals surface area contributed by atoms with E-state index in [1.54, 1.807) is 24.0 Å². The summed E-state index contributed by atoms with van der Waals surface area (Å²) in [6.07, 6.45) is -4.07. The number of hydrogen-bond donors (Lipinski definition) is 2. The van der Waals surface area contributed by atoms with Crippen molar-refractivity contribution < 1.29 is 27.4 Å². The van der Waals surface area contributed by atoms with Gasteiger partial charge < -0.3 is 25.0 Å². The third kappa shape index (κ3) is 5.39. The van der Waals surface area contributed by atoms with Crippen molar-refractivity contribution in [3.63, 3.8) is 0 Å². The zero-order valence-corrected chi connectivity index (χ0v) is 18.3. The van der Waals surface area contributed by atoms with Crippen molar-refractivity contribution in [1.29, 1.82) is 0 Å². The molecule has 1 aliphatic heterocycles. The number of halogens is 3. The molecule has 174 valence electrons. The van der Waals surface area contributed by atoms with Crippen LogP contribution in [-0.4, -0.2) is 60.2 Å². The number of morpholine rings is 1. The number of nitrogens with zero attached hydrogens (tertiary/aromatic N) is 3. The largest absolute Gasteiger partial charge is 0.489 e. The van der Waals surface area contributed by atoms with Gasteiger partial charge in [-0.2, -0.15) is 18.2 Å². The summed E-state index contributed by atoms with van der Waals surface area (Å²) in [5.74, 6) is -0.148. The molecule has 3 rings (SSSR count). The first-order valence-corrected chi connectivity index (χ1v) is 10.2. The third-order valence-corrected chi connectivity index (χ3v) is 4.80. The molecule has 11 heteroatoms. The molecule has 0 saturated carbocycles. The van der Waals surface area contributed by atoms with Gasteiger partial charge in [-0.3, -0.25) is 4.79 Å². The van der Waals surface area contributed by atoms with Gasteiger partial charge in [-0.15, -0.1) is 0 Å². The van der Waals surface area contributed by atoms with Gasteiger partial charge in [0.05, 0.1) is 25.0 Å². The van der Waals surface area contributed by atoms with Gasteiger partial charge in [-0.25, -0.2) is 4.98 Å². The highest BCUT2D eigenvalue weighted by Crippen LogP contribution is 2.35. The standard InChI is InChI=1S/C21H26F3N5O3/c1-12(2)32-17-10-14(19(30)29-5-7-31-8-6-29)13(3)9-16(17)27-20-26-11-15(21(22,23)24)18(25-4)28-20/h9-12H,5-8H2,1-4H3,(H2,25,26,27,28). The number of rotatable bonds is 6. The lowest BCUT2D eigenvalue weighted by Gasteiger charge is -2.28. The third-order valence-electron chi connectivity index (χ3n) is 4.80. The number of carbonyl (C=O) groups is 1. The zero-order chi connectivity index (χ0) is 23.5. The predicted molar refractivity (Wildman–Crippen MR) is 114 cm³/mol. The molecule has 2 heterocycles. The van der Waals surface area contributed by atoms with Gasteiger partial charge in [0.2, 0.25) is 5.95 Å². The summed E-state index contributed by atoms with van der Waals surface area (Å²) in [6, 6.07) is 3.34. The molecule has 2 aromatic rings. The number of nitrogens with one attached hydrogen (secondary N) is 2. The monoisotopic (exact) mass is 453 g/mol. The quantitative estimate of drug-likeness (QED) is 0.687. The Morgan fingerprint density at radius 1 is 1.25 bits per heavy atom. The number of amides is 1. The lowest BCUT2D eigenvalue weighted by molar-refractivity contribution is -0.137. The highest BCUT2D eigenvalue weighted by atomic mass is 19.4. The van der Waals surface area contributed by atoms with Crippen LogP contribution in [0.25, 0.3) is 0 Å². The molecule has 1 aliphatic rings. The van der Waals surface area contributed by atoms with Gasteiger partial charge in [0, 0.05) is 31.9 Å². The van der Waals surface area contributed by atoms with Crippen LogP contribution in [0.15, 0.2) is 18.3 Å². The van der Waals surface area contributed by atoms with Crippen LogP contribution in [0.5, 0.6) is 5.75 Å². The molecule has 0 bridgehead atoms. The Hall–Kier alpha value is -3.08. The molecule has 1 fully saturated rings. The lowest BCUT2D eigenvalue weighted by atomic mass is 10.0. The summed E-state index contributed by atoms with van der Waals surface area (Å²) < 4.78 is 50.6. The predicted octanol–water partition coefficient (Wildman–Crippen LogP) is 3.85. The van der Waals surface area contributed by atoms with E-state index in [2.05, 4.69) is 20.6 Å². The van der Waals surface area contributed by atoms with E-state index in [1.165, 1.54) is 7.05 Å². The maximum atomic E-state index is 13.1. The summed E-state index contributed by atoms with van der Waals surface area (Å²) >= 11 is 0. The van der Waals surface area contributed by atoms with Crippen molar-refractivity contribution in [2.24, 2.45) is 0 Å². The highest BCUT2D eigenvalue weighted by Gasteiger charge is 2.35. The SMILES string of the molecule is CNc1nc(Nc2cc(C)c(C(=O)N3CCOCC3)cc2OC(C)C)ncc1C(F)(F)F. The smallest absolute Gasteiger partial charge is 0.421 e. The van der Waals surface area contributed by atoms with Crippen molar-refractivity contribution in [3.05, 3.63) is 35.0 Å². The lowest BCUT2D eigenvalue weighted by Crippen LogP contribution is -2.41. The van der Waals surface area contributed by atoms with E-state index in [0.29, 0.717) is 55.1 Å². The van der Waals surface area contributed by atoms with Crippen molar-refractivity contribution in [1.82, 2.24) is 14.9 Å². The second kappa shape index (κ2) is 9.60. The molecule has 0 atom stereocenters. The van der Waals surface area contributed by atoms with Gasteiger partial charge in [0.15, 0.2) is 0 Å². The topological polar surface area (TPSA) is 88.6 Å². The molecule has 0 radical (unpaired) electrons. The van der Waals surface area contributed by atoms with E-state index in [4.69, 9.17) is 9.47 Å². The first-order chi connectivity index (χ1) is 15.1. The Morgan fingerprint density at radius 2 is 1.94 bits per heavy atom. The van der Waals surface area contributed by atoms with Crippen LogP contribution in [0.1, 0.15) is 35.3 Å². The van der Waals surface area contributed by atoms with Crippen molar-refractivity contribution in [3.8, 4) is 5.75 Å². The van der Waals surface area contributed by atoms with Crippen LogP contribution in [0.2, 0.25) is 0 Å². The maximum absolute atomic E-state index is 13.1. The number of anilines is 3. The molecule has 1 aromatic carbocycles. The Bertz CT molecular complexity index is 976. The molecule has 0 unspecified atom stereocenters. The van der Waals surface area contributed by atoms with Crippen LogP contribution in [0.3, 0.4) is 0 Å². The zero-order valence-electron chi connectivity index (χ0n) is 18.3. The minimum Gasteiger partial charge on any atom is -0.489 e. The van der Waals surface area contributed by atoms with Gasteiger partial charge in [-0.05, 0) is 38.5 Å². The Labute approximate surface area is 184 Å². The fourth-order valence-corrected chi connectivity index (χ4v) is 3.26. The van der Waals surface area contributed by atoms with E-state index in [0.717, 1.165) is 0 Å². The van der Waals surface area contributed by atoms with Gasteiger partial charge in [0.25, 0.3) is 5.91 Å². The van der Waals surface area contributed by atoms with Gasteiger partial charge in [0.1, 0.15) is 17.1 Å². The van der Waals surface area contributed by atoms with E-state index in [-0.39, 0.29) is 23.8 Å². The first-order valence-electron chi connectivity index (χ1n) is 10.2. The Balaban J connectivity index is 1.95. The molecule has 2 N–H and O–H groups in total. The molecule has 32 heavy (non-hydrogen) atoms. The summed E-state index contributed by atoms with van der Waals surface area (Å²) in [6.45, 7) is 7.43. The molecule has 1 amide bonds. The number of benzene rings is 1. The number of ether oxygens (including phenoxy) is 2. The van der Waals surface area contributed by atoms with Crippen LogP contribution in [0.4, 0.5) is 30.6 Å². The average molecular weight is 453 g/mol. The van der Waals surface area contributed by atoms with Crippen LogP contribution in [0, 0.1) is 6.92 Å². The normalized spacial score (nSPS) is 14.4. The molecule has 1 saturated heterocycles. The molecule has 0 spiro atoms. The van der Waals surface area contributed by atoms with Gasteiger partial charge >= 0.3 is 6.18 Å². The van der Waals surface area contributed by atoms with E-state index in [9.17, 15) is 18.0 Å². The Kier molecular flexibility index (Phi) is 7.07. The highest BCUT2D eigenvalue weighted by molar-refractivity contribution is 5.97. The maximum Gasteiger partial charge on any atom is 0.421 e. The second-order valence-electron chi connectivity index (χ2n) is 7.56. The van der Waals surface area contributed by atoms with Gasteiger partial charge in [-0.1, -0.05) is 0 Å². The van der Waals surface area contributed by atoms with E-state index < -0.39 is 11.7 Å². The number of hydrogen-bond acceptors (Lipinski definition) is 7. The van der Waals surface area contributed by atoms with Crippen molar-refractivity contribution >= 4 is 23.4 Å². The minimum absolute atomic E-state index is 0.0392. The van der Waals surface area contributed by atoms with Crippen molar-refractivity contribution in [2.45, 2.75) is 33.1 Å². The average Bonchev–Trinajstić information content (AvgIpc) is 2.74. The number of aromatic nitrogens is 2. The number of carbonyl (C=O) groups excluding carboxylic acids is 1. The molecule has 0 aliphatic carbocycles. The summed E-state index contributed by atoms with van der Waals surface area (Å²) in [4.78, 5) is 22.5. The van der Waals surface area contributed by atoms with Crippen LogP contribution < -0.4 is 15.4 Å². The molecule has 1 aromatic heterocycles. The number of alkyl halides is 3. The summed E-state index contributed by atoms with van der Waals surface area (Å²) in [7, 11) is 1.35. The number of aryl methyl sites for hydroxylation is 1. The van der Waals surface area contributed by atoms with E-state index >= 15 is 0 Å². The van der Waals surface area contributed by atoms with Crippen molar-refractivity contribution in [2.75, 3.05) is 44.0 Å². The van der Waals surface area contributed by atoms with Crippen LogP contribution in [-0.2, 0) is 10.9 Å².